The molecule has 5 heteroatoms. The van der Waals surface area contributed by atoms with Crippen LogP contribution in [0.5, 0.6) is 0 Å². The van der Waals surface area contributed by atoms with E-state index in [1.165, 1.54) is 0 Å². The average molecular weight is 231 g/mol. The lowest BCUT2D eigenvalue weighted by molar-refractivity contribution is -0.142. The third kappa shape index (κ3) is 2.36. The quantitative estimate of drug-likeness (QED) is 0.829. The summed E-state index contributed by atoms with van der Waals surface area (Å²) in [5, 5.41) is 18.1. The molecule has 0 bridgehead atoms. The van der Waals surface area contributed by atoms with Crippen molar-refractivity contribution in [1.29, 1.82) is 5.26 Å². The summed E-state index contributed by atoms with van der Waals surface area (Å²) in [4.78, 5) is 17.0. The SMILES string of the molecule is N#CC1CC(C(=O)O)CCN1c1ccccn1. The van der Waals surface area contributed by atoms with Crippen LogP contribution in [0.15, 0.2) is 24.4 Å². The summed E-state index contributed by atoms with van der Waals surface area (Å²) in [6.07, 6.45) is 2.60. The van der Waals surface area contributed by atoms with Crippen molar-refractivity contribution < 1.29 is 9.90 Å². The summed E-state index contributed by atoms with van der Waals surface area (Å²) >= 11 is 0. The van der Waals surface area contributed by atoms with Crippen molar-refractivity contribution in [2.75, 3.05) is 11.4 Å². The Morgan fingerprint density at radius 2 is 2.41 bits per heavy atom. The van der Waals surface area contributed by atoms with Crippen LogP contribution in [0.1, 0.15) is 12.8 Å². The first-order valence-electron chi connectivity index (χ1n) is 5.52. The number of aromatic nitrogens is 1. The molecule has 17 heavy (non-hydrogen) atoms. The second-order valence-corrected chi connectivity index (χ2v) is 4.09. The van der Waals surface area contributed by atoms with Gasteiger partial charge in [0.2, 0.25) is 0 Å². The standard InChI is InChI=1S/C12H13N3O2/c13-8-10-7-9(12(16)17)4-6-15(10)11-3-1-2-5-14-11/h1-3,5,9-10H,4,6-7H2,(H,16,17). The molecule has 0 spiro atoms. The van der Waals surface area contributed by atoms with Gasteiger partial charge in [0.15, 0.2) is 0 Å². The number of nitrogens with zero attached hydrogens (tertiary/aromatic N) is 3. The van der Waals surface area contributed by atoms with Gasteiger partial charge >= 0.3 is 5.97 Å². The minimum absolute atomic E-state index is 0.363. The average Bonchev–Trinajstić information content (AvgIpc) is 2.39. The van der Waals surface area contributed by atoms with E-state index in [9.17, 15) is 4.79 Å². The third-order valence-electron chi connectivity index (χ3n) is 3.04. The number of pyridine rings is 1. The Labute approximate surface area is 99.3 Å². The number of piperidine rings is 1. The van der Waals surface area contributed by atoms with Crippen molar-refractivity contribution in [1.82, 2.24) is 4.98 Å². The summed E-state index contributed by atoms with van der Waals surface area (Å²) in [5.74, 6) is -0.492. The third-order valence-corrected chi connectivity index (χ3v) is 3.04. The van der Waals surface area contributed by atoms with E-state index in [1.54, 1.807) is 6.20 Å². The molecule has 0 aliphatic carbocycles. The predicted octanol–water partition coefficient (Wildman–Crippen LogP) is 1.27. The van der Waals surface area contributed by atoms with E-state index >= 15 is 0 Å². The number of aliphatic carboxylic acids is 1. The van der Waals surface area contributed by atoms with Gasteiger partial charge in [-0.25, -0.2) is 4.98 Å². The molecular weight excluding hydrogens is 218 g/mol. The summed E-state index contributed by atoms with van der Waals surface area (Å²) in [6, 6.07) is 7.27. The molecule has 1 aliphatic rings. The van der Waals surface area contributed by atoms with Crippen molar-refractivity contribution in [2.24, 2.45) is 5.92 Å². The molecule has 2 heterocycles. The highest BCUT2D eigenvalue weighted by Gasteiger charge is 2.32. The number of carboxylic acid groups (broad SMARTS) is 1. The monoisotopic (exact) mass is 231 g/mol. The van der Waals surface area contributed by atoms with Crippen LogP contribution in [0.25, 0.3) is 0 Å². The van der Waals surface area contributed by atoms with Gasteiger partial charge in [-0.3, -0.25) is 4.79 Å². The highest BCUT2D eigenvalue weighted by atomic mass is 16.4. The highest BCUT2D eigenvalue weighted by molar-refractivity contribution is 5.70. The van der Waals surface area contributed by atoms with Gasteiger partial charge in [0, 0.05) is 12.7 Å². The maximum absolute atomic E-state index is 10.9. The van der Waals surface area contributed by atoms with Gasteiger partial charge in [-0.05, 0) is 25.0 Å². The first kappa shape index (κ1) is 11.4. The van der Waals surface area contributed by atoms with Crippen molar-refractivity contribution in [3.63, 3.8) is 0 Å². The molecule has 1 fully saturated rings. The second kappa shape index (κ2) is 4.83. The van der Waals surface area contributed by atoms with E-state index in [2.05, 4.69) is 11.1 Å². The molecule has 2 rings (SSSR count). The number of carboxylic acids is 1. The number of carbonyl (C=O) groups is 1. The van der Waals surface area contributed by atoms with Crippen molar-refractivity contribution in [3.05, 3.63) is 24.4 Å². The van der Waals surface area contributed by atoms with Crippen LogP contribution in [0.4, 0.5) is 5.82 Å². The zero-order valence-electron chi connectivity index (χ0n) is 9.28. The van der Waals surface area contributed by atoms with Gasteiger partial charge < -0.3 is 10.0 Å². The van der Waals surface area contributed by atoms with Crippen LogP contribution in [-0.2, 0) is 4.79 Å². The van der Waals surface area contributed by atoms with Crippen LogP contribution in [-0.4, -0.2) is 28.6 Å². The minimum atomic E-state index is -0.814. The molecule has 1 saturated heterocycles. The number of hydrogen-bond acceptors (Lipinski definition) is 4. The fraction of sp³-hybridized carbons (Fsp3) is 0.417. The van der Waals surface area contributed by atoms with Crippen LogP contribution < -0.4 is 4.90 Å². The Morgan fingerprint density at radius 3 is 3.00 bits per heavy atom. The molecule has 0 aromatic carbocycles. The highest BCUT2D eigenvalue weighted by Crippen LogP contribution is 2.26. The molecule has 0 saturated carbocycles. The lowest BCUT2D eigenvalue weighted by Crippen LogP contribution is -2.44. The Morgan fingerprint density at radius 1 is 1.59 bits per heavy atom. The Balaban J connectivity index is 2.16. The molecule has 5 nitrogen and oxygen atoms in total. The van der Waals surface area contributed by atoms with Gasteiger partial charge in [-0.15, -0.1) is 0 Å². The van der Waals surface area contributed by atoms with Crippen molar-refractivity contribution >= 4 is 11.8 Å². The number of rotatable bonds is 2. The van der Waals surface area contributed by atoms with Gasteiger partial charge in [-0.2, -0.15) is 5.26 Å². The summed E-state index contributed by atoms with van der Waals surface area (Å²) in [6.45, 7) is 0.562. The van der Waals surface area contributed by atoms with Crippen molar-refractivity contribution in [3.8, 4) is 6.07 Å². The van der Waals surface area contributed by atoms with E-state index in [0.717, 1.165) is 5.82 Å². The first-order valence-corrected chi connectivity index (χ1v) is 5.52. The van der Waals surface area contributed by atoms with Gasteiger partial charge in [0.1, 0.15) is 11.9 Å². The maximum atomic E-state index is 10.9. The Hall–Kier alpha value is -2.09. The predicted molar refractivity (Wildman–Crippen MR) is 61.3 cm³/mol. The molecular formula is C12H13N3O2. The molecule has 2 atom stereocenters. The smallest absolute Gasteiger partial charge is 0.306 e. The van der Waals surface area contributed by atoms with E-state index in [0.29, 0.717) is 19.4 Å². The van der Waals surface area contributed by atoms with Gasteiger partial charge in [0.05, 0.1) is 12.0 Å². The zero-order valence-corrected chi connectivity index (χ0v) is 9.28. The number of hydrogen-bond donors (Lipinski definition) is 1. The van der Waals surface area contributed by atoms with E-state index in [1.807, 2.05) is 23.1 Å². The van der Waals surface area contributed by atoms with E-state index < -0.39 is 17.9 Å². The number of anilines is 1. The second-order valence-electron chi connectivity index (χ2n) is 4.09. The lowest BCUT2D eigenvalue weighted by Gasteiger charge is -2.35. The van der Waals surface area contributed by atoms with Gasteiger partial charge in [0.25, 0.3) is 0 Å². The molecule has 0 radical (unpaired) electrons. The molecule has 0 amide bonds. The van der Waals surface area contributed by atoms with E-state index in [-0.39, 0.29) is 0 Å². The summed E-state index contributed by atoms with van der Waals surface area (Å²) in [7, 11) is 0. The van der Waals surface area contributed by atoms with Crippen LogP contribution in [0.2, 0.25) is 0 Å². The fourth-order valence-corrected chi connectivity index (χ4v) is 2.11. The largest absolute Gasteiger partial charge is 0.481 e. The van der Waals surface area contributed by atoms with Crippen LogP contribution in [0.3, 0.4) is 0 Å². The van der Waals surface area contributed by atoms with Gasteiger partial charge in [-0.1, -0.05) is 6.07 Å². The molecule has 1 N–H and O–H groups in total. The maximum Gasteiger partial charge on any atom is 0.306 e. The molecule has 1 aliphatic heterocycles. The van der Waals surface area contributed by atoms with Crippen LogP contribution in [0, 0.1) is 17.2 Å². The fourth-order valence-electron chi connectivity index (χ4n) is 2.11. The lowest BCUT2D eigenvalue weighted by atomic mass is 9.91. The Bertz CT molecular complexity index is 441. The number of nitriles is 1. The topological polar surface area (TPSA) is 77.2 Å². The Kier molecular flexibility index (Phi) is 3.24. The summed E-state index contributed by atoms with van der Waals surface area (Å²) in [5.41, 5.74) is 0. The minimum Gasteiger partial charge on any atom is -0.481 e. The zero-order chi connectivity index (χ0) is 12.3. The molecule has 1 aromatic heterocycles. The molecule has 88 valence electrons. The summed E-state index contributed by atoms with van der Waals surface area (Å²) < 4.78 is 0. The van der Waals surface area contributed by atoms with E-state index in [4.69, 9.17) is 10.4 Å². The van der Waals surface area contributed by atoms with Crippen molar-refractivity contribution in [2.45, 2.75) is 18.9 Å². The normalized spacial score (nSPS) is 24.1. The molecule has 1 aromatic rings. The molecule has 2 unspecified atom stereocenters. The van der Waals surface area contributed by atoms with Crippen LogP contribution >= 0.6 is 0 Å². The first-order chi connectivity index (χ1) is 8.22.